The Hall–Kier alpha value is -2.57. The van der Waals surface area contributed by atoms with E-state index in [1.165, 1.54) is 6.07 Å². The van der Waals surface area contributed by atoms with Crippen molar-refractivity contribution in [1.29, 1.82) is 0 Å². The molecule has 176 valence electrons. The monoisotopic (exact) mass is 449 g/mol. The van der Waals surface area contributed by atoms with Gasteiger partial charge in [-0.1, -0.05) is 12.8 Å². The van der Waals surface area contributed by atoms with E-state index in [-0.39, 0.29) is 18.8 Å². The van der Waals surface area contributed by atoms with E-state index < -0.39 is 29.3 Å². The largest absolute Gasteiger partial charge is 0.395 e. The smallest absolute Gasteiger partial charge is 0.292 e. The molecule has 0 aliphatic carbocycles. The van der Waals surface area contributed by atoms with Gasteiger partial charge < -0.3 is 30.7 Å². The summed E-state index contributed by atoms with van der Waals surface area (Å²) in [5.41, 5.74) is 1.22. The van der Waals surface area contributed by atoms with Crippen molar-refractivity contribution in [3.8, 4) is 11.4 Å². The van der Waals surface area contributed by atoms with Crippen LogP contribution in [0.3, 0.4) is 0 Å². The van der Waals surface area contributed by atoms with Gasteiger partial charge in [-0.2, -0.15) is 0 Å². The van der Waals surface area contributed by atoms with Gasteiger partial charge in [0.15, 0.2) is 0 Å². The van der Waals surface area contributed by atoms with Crippen molar-refractivity contribution >= 4 is 11.4 Å². The molecule has 1 fully saturated rings. The van der Waals surface area contributed by atoms with Gasteiger partial charge >= 0.3 is 0 Å². The minimum Gasteiger partial charge on any atom is -0.395 e. The third kappa shape index (κ3) is 5.81. The normalized spacial score (nSPS) is 23.9. The SMILES string of the molecule is O=[N+]([O-])c1ccc(-c2ncc[nH]2)cc1NCCCCCCN1C[C@H](O)[C@@H](O)[C@H](O)[C@H]1CO. The average molecular weight is 450 g/mol. The molecule has 4 atom stereocenters. The Morgan fingerprint density at radius 3 is 2.66 bits per heavy atom. The van der Waals surface area contributed by atoms with E-state index in [0.29, 0.717) is 24.6 Å². The number of aliphatic hydroxyl groups is 4. The minimum absolute atomic E-state index is 0.0137. The van der Waals surface area contributed by atoms with Crippen LogP contribution in [-0.4, -0.2) is 90.8 Å². The van der Waals surface area contributed by atoms with Gasteiger partial charge in [0, 0.05) is 37.1 Å². The van der Waals surface area contributed by atoms with E-state index >= 15 is 0 Å². The fraction of sp³-hybridized carbons (Fsp3) is 0.571. The van der Waals surface area contributed by atoms with Crippen LogP contribution in [0, 0.1) is 10.1 Å². The summed E-state index contributed by atoms with van der Waals surface area (Å²) in [7, 11) is 0. The van der Waals surface area contributed by atoms with Crippen molar-refractivity contribution in [2.75, 3.05) is 31.6 Å². The predicted molar refractivity (Wildman–Crippen MR) is 118 cm³/mol. The number of aromatic nitrogens is 2. The minimum atomic E-state index is -1.25. The fourth-order valence-electron chi connectivity index (χ4n) is 4.06. The first-order chi connectivity index (χ1) is 15.4. The number of nitrogens with zero attached hydrogens (tertiary/aromatic N) is 3. The van der Waals surface area contributed by atoms with Gasteiger partial charge in [-0.05, 0) is 31.5 Å². The zero-order valence-corrected chi connectivity index (χ0v) is 17.8. The first-order valence-electron chi connectivity index (χ1n) is 10.8. The third-order valence-corrected chi connectivity index (χ3v) is 5.87. The summed E-state index contributed by atoms with van der Waals surface area (Å²) in [6, 6.07) is 4.26. The zero-order chi connectivity index (χ0) is 23.1. The Bertz CT molecular complexity index is 864. The number of piperidine rings is 1. The predicted octanol–water partition coefficient (Wildman–Crippen LogP) is 0.716. The molecule has 0 unspecified atom stereocenters. The van der Waals surface area contributed by atoms with Crippen LogP contribution in [0.15, 0.2) is 30.6 Å². The van der Waals surface area contributed by atoms with E-state index in [0.717, 1.165) is 31.2 Å². The van der Waals surface area contributed by atoms with Crippen LogP contribution >= 0.6 is 0 Å². The number of nitrogens with one attached hydrogen (secondary N) is 2. The van der Waals surface area contributed by atoms with Crippen LogP contribution in [0.25, 0.3) is 11.4 Å². The third-order valence-electron chi connectivity index (χ3n) is 5.87. The number of H-pyrrole nitrogens is 1. The standard InChI is InChI=1S/C21H31N5O6/c27-13-17-19(29)20(30)18(28)12-25(17)10-4-2-1-3-7-22-15-11-14(21-23-8-9-24-21)5-6-16(15)26(31)32/h5-6,8-9,11,17-20,22,27-30H,1-4,7,10,12-13H2,(H,23,24)/t17-,18+,19-,20-/m1/s1. The Labute approximate surface area is 185 Å². The molecular weight excluding hydrogens is 418 g/mol. The van der Waals surface area contributed by atoms with Gasteiger partial charge in [-0.15, -0.1) is 0 Å². The number of unbranched alkanes of at least 4 members (excludes halogenated alkanes) is 3. The summed E-state index contributed by atoms with van der Waals surface area (Å²) in [5, 5.41) is 53.6. The van der Waals surface area contributed by atoms with Crippen molar-refractivity contribution in [1.82, 2.24) is 14.9 Å². The lowest BCUT2D eigenvalue weighted by atomic mass is 9.94. The highest BCUT2D eigenvalue weighted by molar-refractivity contribution is 5.70. The summed E-state index contributed by atoms with van der Waals surface area (Å²) >= 11 is 0. The molecule has 32 heavy (non-hydrogen) atoms. The maximum Gasteiger partial charge on any atom is 0.292 e. The van der Waals surface area contributed by atoms with E-state index in [1.54, 1.807) is 24.5 Å². The molecule has 3 rings (SSSR count). The molecule has 11 heteroatoms. The number of nitro benzene ring substituents is 1. The van der Waals surface area contributed by atoms with Crippen LogP contribution in [0.4, 0.5) is 11.4 Å². The molecule has 1 saturated heterocycles. The Balaban J connectivity index is 1.43. The highest BCUT2D eigenvalue weighted by Crippen LogP contribution is 2.29. The van der Waals surface area contributed by atoms with Crippen LogP contribution in [0.5, 0.6) is 0 Å². The van der Waals surface area contributed by atoms with E-state index in [1.807, 2.05) is 4.90 Å². The molecule has 0 saturated carbocycles. The van der Waals surface area contributed by atoms with Crippen molar-refractivity contribution < 1.29 is 25.3 Å². The number of hydrogen-bond donors (Lipinski definition) is 6. The molecule has 2 aromatic rings. The maximum absolute atomic E-state index is 11.3. The first kappa shape index (κ1) is 24.1. The van der Waals surface area contributed by atoms with Crippen LogP contribution in [0.1, 0.15) is 25.7 Å². The number of rotatable bonds is 11. The molecule has 0 bridgehead atoms. The van der Waals surface area contributed by atoms with Gasteiger partial charge in [-0.25, -0.2) is 4.98 Å². The lowest BCUT2D eigenvalue weighted by Gasteiger charge is -2.43. The lowest BCUT2D eigenvalue weighted by molar-refractivity contribution is -0.383. The van der Waals surface area contributed by atoms with Crippen LogP contribution in [-0.2, 0) is 0 Å². The Kier molecular flexibility index (Phi) is 8.53. The summed E-state index contributed by atoms with van der Waals surface area (Å²) in [4.78, 5) is 19.9. The zero-order valence-electron chi connectivity index (χ0n) is 17.8. The van der Waals surface area contributed by atoms with Crippen molar-refractivity contribution in [2.24, 2.45) is 0 Å². The van der Waals surface area contributed by atoms with Gasteiger partial charge in [-0.3, -0.25) is 15.0 Å². The quantitative estimate of drug-likeness (QED) is 0.164. The second kappa shape index (κ2) is 11.3. The van der Waals surface area contributed by atoms with Gasteiger partial charge in [0.1, 0.15) is 23.7 Å². The number of hydrogen-bond acceptors (Lipinski definition) is 9. The Morgan fingerprint density at radius 2 is 1.97 bits per heavy atom. The van der Waals surface area contributed by atoms with Crippen LogP contribution in [0.2, 0.25) is 0 Å². The first-order valence-corrected chi connectivity index (χ1v) is 10.8. The number of anilines is 1. The van der Waals surface area contributed by atoms with Crippen LogP contribution < -0.4 is 5.32 Å². The molecule has 11 nitrogen and oxygen atoms in total. The highest BCUT2D eigenvalue weighted by atomic mass is 16.6. The number of β-amino-alcohol motifs (C(OH)–C–C–N with tert-alkyl or cyclic N) is 1. The average Bonchev–Trinajstić information content (AvgIpc) is 3.32. The highest BCUT2D eigenvalue weighted by Gasteiger charge is 2.40. The maximum atomic E-state index is 11.3. The second-order valence-corrected chi connectivity index (χ2v) is 8.06. The van der Waals surface area contributed by atoms with Crippen molar-refractivity contribution in [3.05, 3.63) is 40.7 Å². The molecule has 1 aliphatic rings. The number of likely N-dealkylation sites (tertiary alicyclic amines) is 1. The number of aliphatic hydroxyl groups excluding tert-OH is 4. The van der Waals surface area contributed by atoms with Gasteiger partial charge in [0.25, 0.3) is 5.69 Å². The summed E-state index contributed by atoms with van der Waals surface area (Å²) in [5.74, 6) is 0.643. The van der Waals surface area contributed by atoms with E-state index in [4.69, 9.17) is 0 Å². The number of imidazole rings is 1. The van der Waals surface area contributed by atoms with E-state index in [9.17, 15) is 30.5 Å². The molecule has 1 aromatic heterocycles. The number of benzene rings is 1. The number of aromatic amines is 1. The molecule has 2 heterocycles. The molecule has 0 amide bonds. The van der Waals surface area contributed by atoms with Gasteiger partial charge in [0.05, 0.1) is 23.7 Å². The summed E-state index contributed by atoms with van der Waals surface area (Å²) in [6.07, 6.45) is 3.26. The van der Waals surface area contributed by atoms with Gasteiger partial charge in [0.2, 0.25) is 0 Å². The Morgan fingerprint density at radius 1 is 1.19 bits per heavy atom. The molecular formula is C21H31N5O6. The summed E-state index contributed by atoms with van der Waals surface area (Å²) < 4.78 is 0. The van der Waals surface area contributed by atoms with Crippen molar-refractivity contribution in [3.63, 3.8) is 0 Å². The molecule has 1 aromatic carbocycles. The number of nitro groups is 1. The molecule has 1 aliphatic heterocycles. The summed E-state index contributed by atoms with van der Waals surface area (Å²) in [6.45, 7) is 1.09. The second-order valence-electron chi connectivity index (χ2n) is 8.06. The van der Waals surface area contributed by atoms with Crippen molar-refractivity contribution in [2.45, 2.75) is 50.0 Å². The lowest BCUT2D eigenvalue weighted by Crippen LogP contribution is -2.62. The molecule has 0 spiro atoms. The molecule has 0 radical (unpaired) electrons. The molecule has 6 N–H and O–H groups in total. The fourth-order valence-corrected chi connectivity index (χ4v) is 4.06. The topological polar surface area (TPSA) is 168 Å². The van der Waals surface area contributed by atoms with E-state index in [2.05, 4.69) is 15.3 Å².